The minimum absolute atomic E-state index is 0.179. The Kier molecular flexibility index (Phi) is 4.98. The molecule has 3 N–H and O–H groups in total. The van der Waals surface area contributed by atoms with Crippen molar-refractivity contribution in [3.8, 4) is 0 Å². The lowest BCUT2D eigenvalue weighted by Crippen LogP contribution is -2.18. The molecule has 1 aromatic heterocycles. The molecule has 0 aliphatic carbocycles. The van der Waals surface area contributed by atoms with Crippen LogP contribution >= 0.6 is 0 Å². The molecule has 0 aliphatic heterocycles. The molecule has 16 heavy (non-hydrogen) atoms. The summed E-state index contributed by atoms with van der Waals surface area (Å²) in [5.74, 6) is 1.44. The standard InChI is InChI=1S/C11H20N4O/c1-4-12-11-14-9(3)7-10(15-11)13-8(2)5-6-16/h7-8,16H,4-6H2,1-3H3,(H2,12,13,14,15). The van der Waals surface area contributed by atoms with Crippen molar-refractivity contribution in [2.45, 2.75) is 33.2 Å². The number of hydrogen-bond acceptors (Lipinski definition) is 5. The third kappa shape index (κ3) is 4.02. The lowest BCUT2D eigenvalue weighted by Gasteiger charge is -2.14. The number of nitrogens with one attached hydrogen (secondary N) is 2. The van der Waals surface area contributed by atoms with Gasteiger partial charge in [-0.05, 0) is 27.2 Å². The van der Waals surface area contributed by atoms with Crippen LogP contribution in [0.4, 0.5) is 11.8 Å². The maximum atomic E-state index is 8.82. The normalized spacial score (nSPS) is 12.2. The first kappa shape index (κ1) is 12.7. The zero-order valence-electron chi connectivity index (χ0n) is 10.1. The number of anilines is 2. The molecule has 5 nitrogen and oxygen atoms in total. The number of rotatable bonds is 6. The summed E-state index contributed by atoms with van der Waals surface area (Å²) >= 11 is 0. The van der Waals surface area contributed by atoms with Crippen molar-refractivity contribution in [1.82, 2.24) is 9.97 Å². The van der Waals surface area contributed by atoms with Crippen LogP contribution in [0.5, 0.6) is 0 Å². The predicted octanol–water partition coefficient (Wildman–Crippen LogP) is 1.40. The second kappa shape index (κ2) is 6.27. The summed E-state index contributed by atoms with van der Waals surface area (Å²) in [5, 5.41) is 15.1. The third-order valence-electron chi connectivity index (χ3n) is 2.15. The largest absolute Gasteiger partial charge is 0.396 e. The van der Waals surface area contributed by atoms with Crippen LogP contribution in [0.15, 0.2) is 6.07 Å². The van der Waals surface area contributed by atoms with Gasteiger partial charge in [-0.25, -0.2) is 4.98 Å². The molecule has 0 aliphatic rings. The van der Waals surface area contributed by atoms with E-state index in [4.69, 9.17) is 5.11 Å². The van der Waals surface area contributed by atoms with Gasteiger partial charge in [0.15, 0.2) is 0 Å². The monoisotopic (exact) mass is 224 g/mol. The summed E-state index contributed by atoms with van der Waals surface area (Å²) in [6.45, 7) is 6.94. The fraction of sp³-hybridized carbons (Fsp3) is 0.636. The maximum absolute atomic E-state index is 8.82. The molecule has 0 fully saturated rings. The summed E-state index contributed by atoms with van der Waals surface area (Å²) < 4.78 is 0. The summed E-state index contributed by atoms with van der Waals surface area (Å²) in [6, 6.07) is 2.10. The molecule has 0 aromatic carbocycles. The molecule has 5 heteroatoms. The lowest BCUT2D eigenvalue weighted by atomic mass is 10.2. The Balaban J connectivity index is 2.71. The van der Waals surface area contributed by atoms with Crippen molar-refractivity contribution in [1.29, 1.82) is 0 Å². The van der Waals surface area contributed by atoms with Gasteiger partial charge < -0.3 is 15.7 Å². The SMILES string of the molecule is CCNc1nc(C)cc(NC(C)CCO)n1. The Labute approximate surface area is 96.3 Å². The van der Waals surface area contributed by atoms with Crippen LogP contribution in [0.1, 0.15) is 26.0 Å². The number of nitrogens with zero attached hydrogens (tertiary/aromatic N) is 2. The maximum Gasteiger partial charge on any atom is 0.224 e. The van der Waals surface area contributed by atoms with E-state index in [1.807, 2.05) is 26.8 Å². The number of aryl methyl sites for hydroxylation is 1. The Hall–Kier alpha value is -1.36. The van der Waals surface area contributed by atoms with E-state index in [0.717, 1.165) is 18.1 Å². The Morgan fingerprint density at radius 3 is 2.81 bits per heavy atom. The third-order valence-corrected chi connectivity index (χ3v) is 2.15. The van der Waals surface area contributed by atoms with Crippen LogP contribution < -0.4 is 10.6 Å². The molecule has 90 valence electrons. The van der Waals surface area contributed by atoms with Crippen molar-refractivity contribution < 1.29 is 5.11 Å². The zero-order chi connectivity index (χ0) is 12.0. The summed E-state index contributed by atoms with van der Waals surface area (Å²) in [5.41, 5.74) is 0.921. The molecular formula is C11H20N4O. The van der Waals surface area contributed by atoms with E-state index in [1.165, 1.54) is 0 Å². The number of aliphatic hydroxyl groups excluding tert-OH is 1. The lowest BCUT2D eigenvalue weighted by molar-refractivity contribution is 0.282. The van der Waals surface area contributed by atoms with Crippen LogP contribution in [0, 0.1) is 6.92 Å². The van der Waals surface area contributed by atoms with Crippen molar-refractivity contribution in [2.24, 2.45) is 0 Å². The molecule has 1 aromatic rings. The Morgan fingerprint density at radius 1 is 1.44 bits per heavy atom. The van der Waals surface area contributed by atoms with E-state index in [-0.39, 0.29) is 12.6 Å². The molecule has 0 saturated heterocycles. The van der Waals surface area contributed by atoms with Gasteiger partial charge in [-0.15, -0.1) is 0 Å². The van der Waals surface area contributed by atoms with Crippen molar-refractivity contribution in [3.63, 3.8) is 0 Å². The molecule has 1 rings (SSSR count). The minimum Gasteiger partial charge on any atom is -0.396 e. The topological polar surface area (TPSA) is 70.1 Å². The van der Waals surface area contributed by atoms with E-state index >= 15 is 0 Å². The molecule has 0 spiro atoms. The van der Waals surface area contributed by atoms with Gasteiger partial charge >= 0.3 is 0 Å². The van der Waals surface area contributed by atoms with Crippen molar-refractivity contribution in [3.05, 3.63) is 11.8 Å². The highest BCUT2D eigenvalue weighted by molar-refractivity contribution is 5.42. The van der Waals surface area contributed by atoms with Gasteiger partial charge in [-0.3, -0.25) is 0 Å². The van der Waals surface area contributed by atoms with Gasteiger partial charge in [0.25, 0.3) is 0 Å². The van der Waals surface area contributed by atoms with Gasteiger partial charge in [0.1, 0.15) is 5.82 Å². The van der Waals surface area contributed by atoms with E-state index in [0.29, 0.717) is 12.4 Å². The highest BCUT2D eigenvalue weighted by atomic mass is 16.3. The summed E-state index contributed by atoms with van der Waals surface area (Å²) in [7, 11) is 0. The first-order valence-electron chi connectivity index (χ1n) is 5.62. The highest BCUT2D eigenvalue weighted by Gasteiger charge is 2.05. The molecule has 0 saturated carbocycles. The van der Waals surface area contributed by atoms with Gasteiger partial charge in [-0.1, -0.05) is 0 Å². The van der Waals surface area contributed by atoms with Gasteiger partial charge in [0.05, 0.1) is 0 Å². The van der Waals surface area contributed by atoms with Crippen LogP contribution in [0.2, 0.25) is 0 Å². The van der Waals surface area contributed by atoms with Gasteiger partial charge in [-0.2, -0.15) is 4.98 Å². The zero-order valence-corrected chi connectivity index (χ0v) is 10.1. The quantitative estimate of drug-likeness (QED) is 0.681. The average molecular weight is 224 g/mol. The average Bonchev–Trinajstić information content (AvgIpc) is 2.17. The molecule has 1 heterocycles. The number of hydrogen-bond donors (Lipinski definition) is 3. The second-order valence-electron chi connectivity index (χ2n) is 3.81. The first-order valence-corrected chi connectivity index (χ1v) is 5.62. The van der Waals surface area contributed by atoms with E-state index in [1.54, 1.807) is 0 Å². The van der Waals surface area contributed by atoms with E-state index in [2.05, 4.69) is 20.6 Å². The first-order chi connectivity index (χ1) is 7.65. The molecular weight excluding hydrogens is 204 g/mol. The number of aliphatic hydroxyl groups is 1. The molecule has 1 atom stereocenters. The summed E-state index contributed by atoms with van der Waals surface area (Å²) in [6.07, 6.45) is 0.708. The molecule has 0 radical (unpaired) electrons. The smallest absolute Gasteiger partial charge is 0.224 e. The molecule has 1 unspecified atom stereocenters. The van der Waals surface area contributed by atoms with Crippen molar-refractivity contribution in [2.75, 3.05) is 23.8 Å². The van der Waals surface area contributed by atoms with E-state index < -0.39 is 0 Å². The highest BCUT2D eigenvalue weighted by Crippen LogP contribution is 2.11. The fourth-order valence-corrected chi connectivity index (χ4v) is 1.40. The molecule has 0 bridgehead atoms. The predicted molar refractivity (Wildman–Crippen MR) is 65.7 cm³/mol. The van der Waals surface area contributed by atoms with Gasteiger partial charge in [0, 0.05) is 31.0 Å². The fourth-order valence-electron chi connectivity index (χ4n) is 1.40. The minimum atomic E-state index is 0.179. The van der Waals surface area contributed by atoms with Crippen LogP contribution in [0.25, 0.3) is 0 Å². The van der Waals surface area contributed by atoms with Crippen LogP contribution in [0.3, 0.4) is 0 Å². The van der Waals surface area contributed by atoms with Gasteiger partial charge in [0.2, 0.25) is 5.95 Å². The second-order valence-corrected chi connectivity index (χ2v) is 3.81. The van der Waals surface area contributed by atoms with E-state index in [9.17, 15) is 0 Å². The Bertz CT molecular complexity index is 330. The molecule has 0 amide bonds. The van der Waals surface area contributed by atoms with Crippen LogP contribution in [-0.2, 0) is 0 Å². The Morgan fingerprint density at radius 2 is 2.19 bits per heavy atom. The van der Waals surface area contributed by atoms with Crippen molar-refractivity contribution >= 4 is 11.8 Å². The number of aromatic nitrogens is 2. The van der Waals surface area contributed by atoms with Crippen LogP contribution in [-0.4, -0.2) is 34.3 Å². The summed E-state index contributed by atoms with van der Waals surface area (Å²) in [4.78, 5) is 8.60.